The Balaban J connectivity index is 2.44. The van der Waals surface area contributed by atoms with E-state index in [2.05, 4.69) is 5.32 Å². The molecule has 0 saturated carbocycles. The number of rotatable bonds is 3. The molecule has 0 saturated heterocycles. The van der Waals surface area contributed by atoms with Gasteiger partial charge in [0.05, 0.1) is 0 Å². The maximum atomic E-state index is 11.2. The molecule has 0 radical (unpaired) electrons. The summed E-state index contributed by atoms with van der Waals surface area (Å²) in [5.41, 5.74) is 0. The van der Waals surface area contributed by atoms with Crippen LogP contribution in [-0.4, -0.2) is 11.9 Å². The van der Waals surface area contributed by atoms with Crippen molar-refractivity contribution >= 4 is 23.3 Å². The quantitative estimate of drug-likeness (QED) is 0.737. The lowest BCUT2D eigenvalue weighted by Gasteiger charge is -2.03. The third-order valence-electron chi connectivity index (χ3n) is 1.37. The molecule has 0 atom stereocenters. The Morgan fingerprint density at radius 1 is 1.62 bits per heavy atom. The minimum absolute atomic E-state index is 0.0385. The first-order chi connectivity index (χ1) is 6.18. The molecule has 0 aliphatic heterocycles. The van der Waals surface area contributed by atoms with Gasteiger partial charge in [0.25, 0.3) is 0 Å². The topological polar surface area (TPSA) is 29.1 Å². The second-order valence-electron chi connectivity index (χ2n) is 3.01. The van der Waals surface area contributed by atoms with Crippen molar-refractivity contribution in [3.8, 4) is 0 Å². The minimum Gasteiger partial charge on any atom is -0.350 e. The highest BCUT2D eigenvalue weighted by Gasteiger charge is 1.96. The third kappa shape index (κ3) is 3.90. The van der Waals surface area contributed by atoms with E-state index >= 15 is 0 Å². The van der Waals surface area contributed by atoms with E-state index in [4.69, 9.17) is 0 Å². The zero-order chi connectivity index (χ0) is 9.68. The van der Waals surface area contributed by atoms with E-state index in [1.807, 2.05) is 37.4 Å². The summed E-state index contributed by atoms with van der Waals surface area (Å²) in [7, 11) is 0. The molecule has 0 aromatic carbocycles. The lowest BCUT2D eigenvalue weighted by molar-refractivity contribution is -0.116. The molecule has 1 aromatic rings. The third-order valence-corrected chi connectivity index (χ3v) is 2.21. The van der Waals surface area contributed by atoms with E-state index in [9.17, 15) is 4.79 Å². The SMILES string of the molecule is CC(C)NC(=O)/C=C\c1cccs1. The molecule has 1 aromatic heterocycles. The summed E-state index contributed by atoms with van der Waals surface area (Å²) in [6, 6.07) is 4.13. The maximum Gasteiger partial charge on any atom is 0.244 e. The Labute approximate surface area is 82.3 Å². The summed E-state index contributed by atoms with van der Waals surface area (Å²) in [6.07, 6.45) is 3.38. The Hall–Kier alpha value is -1.09. The van der Waals surface area contributed by atoms with Crippen molar-refractivity contribution in [2.24, 2.45) is 0 Å². The molecule has 13 heavy (non-hydrogen) atoms. The van der Waals surface area contributed by atoms with Gasteiger partial charge >= 0.3 is 0 Å². The molecule has 0 bridgehead atoms. The Bertz CT molecular complexity index is 288. The van der Waals surface area contributed by atoms with Gasteiger partial charge in [0.15, 0.2) is 0 Å². The van der Waals surface area contributed by atoms with Crippen molar-refractivity contribution in [2.75, 3.05) is 0 Å². The summed E-state index contributed by atoms with van der Waals surface area (Å²) in [6.45, 7) is 3.88. The highest BCUT2D eigenvalue weighted by molar-refractivity contribution is 7.10. The first-order valence-corrected chi connectivity index (χ1v) is 5.08. The predicted molar refractivity (Wildman–Crippen MR) is 56.6 cm³/mol. The molecule has 0 unspecified atom stereocenters. The molecule has 1 rings (SSSR count). The first kappa shape index (κ1) is 9.99. The van der Waals surface area contributed by atoms with Crippen LogP contribution >= 0.6 is 11.3 Å². The molecule has 0 aliphatic rings. The molecule has 1 N–H and O–H groups in total. The second-order valence-corrected chi connectivity index (χ2v) is 3.99. The van der Waals surface area contributed by atoms with Crippen molar-refractivity contribution in [2.45, 2.75) is 19.9 Å². The van der Waals surface area contributed by atoms with Crippen molar-refractivity contribution in [1.82, 2.24) is 5.32 Å². The van der Waals surface area contributed by atoms with E-state index < -0.39 is 0 Å². The number of amides is 1. The van der Waals surface area contributed by atoms with Gasteiger partial charge in [0, 0.05) is 17.0 Å². The van der Waals surface area contributed by atoms with Gasteiger partial charge in [-0.05, 0) is 31.4 Å². The Kier molecular flexibility index (Phi) is 3.71. The van der Waals surface area contributed by atoms with Gasteiger partial charge in [-0.1, -0.05) is 6.07 Å². The normalized spacial score (nSPS) is 11.0. The average Bonchev–Trinajstić information content (AvgIpc) is 2.51. The van der Waals surface area contributed by atoms with Crippen LogP contribution in [0.3, 0.4) is 0 Å². The fourth-order valence-electron chi connectivity index (χ4n) is 0.877. The van der Waals surface area contributed by atoms with Crippen molar-refractivity contribution < 1.29 is 4.79 Å². The maximum absolute atomic E-state index is 11.2. The summed E-state index contributed by atoms with van der Waals surface area (Å²) >= 11 is 1.62. The lowest BCUT2D eigenvalue weighted by atomic mass is 10.3. The second kappa shape index (κ2) is 4.82. The van der Waals surface area contributed by atoms with Gasteiger partial charge in [-0.25, -0.2) is 0 Å². The summed E-state index contributed by atoms with van der Waals surface area (Å²) in [5, 5.41) is 4.77. The number of carbonyl (C=O) groups is 1. The van der Waals surface area contributed by atoms with Crippen molar-refractivity contribution in [3.05, 3.63) is 28.5 Å². The van der Waals surface area contributed by atoms with E-state index in [1.54, 1.807) is 17.4 Å². The van der Waals surface area contributed by atoms with E-state index in [-0.39, 0.29) is 11.9 Å². The van der Waals surface area contributed by atoms with Crippen LogP contribution in [0, 0.1) is 0 Å². The van der Waals surface area contributed by atoms with Crippen LogP contribution in [0.15, 0.2) is 23.6 Å². The molecular formula is C10H13NOS. The molecule has 0 spiro atoms. The molecule has 2 nitrogen and oxygen atoms in total. The van der Waals surface area contributed by atoms with Crippen molar-refractivity contribution in [1.29, 1.82) is 0 Å². The number of hydrogen-bond donors (Lipinski definition) is 1. The fourth-order valence-corrected chi connectivity index (χ4v) is 1.49. The highest BCUT2D eigenvalue weighted by atomic mass is 32.1. The number of thiophene rings is 1. The van der Waals surface area contributed by atoms with Crippen LogP contribution in [0.4, 0.5) is 0 Å². The number of nitrogens with one attached hydrogen (secondary N) is 1. The molecular weight excluding hydrogens is 182 g/mol. The van der Waals surface area contributed by atoms with Crippen LogP contribution in [0.2, 0.25) is 0 Å². The minimum atomic E-state index is -0.0385. The van der Waals surface area contributed by atoms with Gasteiger partial charge < -0.3 is 5.32 Å². The molecule has 1 heterocycles. The van der Waals surface area contributed by atoms with Crippen LogP contribution in [-0.2, 0) is 4.79 Å². The zero-order valence-electron chi connectivity index (χ0n) is 7.78. The van der Waals surface area contributed by atoms with Crippen LogP contribution in [0.5, 0.6) is 0 Å². The molecule has 3 heteroatoms. The Morgan fingerprint density at radius 2 is 2.38 bits per heavy atom. The lowest BCUT2D eigenvalue weighted by Crippen LogP contribution is -2.28. The number of hydrogen-bond acceptors (Lipinski definition) is 2. The Morgan fingerprint density at radius 3 is 2.92 bits per heavy atom. The van der Waals surface area contributed by atoms with Gasteiger partial charge in [-0.3, -0.25) is 4.79 Å². The average molecular weight is 195 g/mol. The zero-order valence-corrected chi connectivity index (χ0v) is 8.60. The molecule has 1 amide bonds. The molecule has 70 valence electrons. The fraction of sp³-hybridized carbons (Fsp3) is 0.300. The van der Waals surface area contributed by atoms with Crippen LogP contribution in [0.1, 0.15) is 18.7 Å². The largest absolute Gasteiger partial charge is 0.350 e. The van der Waals surface area contributed by atoms with Gasteiger partial charge in [-0.15, -0.1) is 11.3 Å². The van der Waals surface area contributed by atoms with Crippen molar-refractivity contribution in [3.63, 3.8) is 0 Å². The summed E-state index contributed by atoms with van der Waals surface area (Å²) in [5.74, 6) is -0.0385. The first-order valence-electron chi connectivity index (χ1n) is 4.20. The van der Waals surface area contributed by atoms with Gasteiger partial charge in [-0.2, -0.15) is 0 Å². The standard InChI is InChI=1S/C10H13NOS/c1-8(2)11-10(12)6-5-9-4-3-7-13-9/h3-8H,1-2H3,(H,11,12)/b6-5-. The van der Waals surface area contributed by atoms with Gasteiger partial charge in [0.2, 0.25) is 5.91 Å². The predicted octanol–water partition coefficient (Wildman–Crippen LogP) is 2.29. The summed E-state index contributed by atoms with van der Waals surface area (Å²) in [4.78, 5) is 12.3. The smallest absolute Gasteiger partial charge is 0.244 e. The highest BCUT2D eigenvalue weighted by Crippen LogP contribution is 2.09. The number of carbonyl (C=O) groups excluding carboxylic acids is 1. The monoisotopic (exact) mass is 195 g/mol. The van der Waals surface area contributed by atoms with Crippen LogP contribution in [0.25, 0.3) is 6.08 Å². The molecule has 0 aliphatic carbocycles. The molecule has 0 fully saturated rings. The summed E-state index contributed by atoms with van der Waals surface area (Å²) < 4.78 is 0. The van der Waals surface area contributed by atoms with Gasteiger partial charge in [0.1, 0.15) is 0 Å². The van der Waals surface area contributed by atoms with E-state index in [0.717, 1.165) is 4.88 Å². The van der Waals surface area contributed by atoms with E-state index in [0.29, 0.717) is 0 Å². The van der Waals surface area contributed by atoms with E-state index in [1.165, 1.54) is 0 Å². The van der Waals surface area contributed by atoms with Crippen LogP contribution < -0.4 is 5.32 Å².